The van der Waals surface area contributed by atoms with Crippen LogP contribution in [0.25, 0.3) is 0 Å². The number of nitrogens with one attached hydrogen (secondary N) is 1. The van der Waals surface area contributed by atoms with Gasteiger partial charge in [0.25, 0.3) is 5.91 Å². The Hall–Kier alpha value is -2.01. The van der Waals surface area contributed by atoms with Crippen LogP contribution in [0.5, 0.6) is 5.75 Å². The van der Waals surface area contributed by atoms with Gasteiger partial charge in [0, 0.05) is 11.1 Å². The van der Waals surface area contributed by atoms with Gasteiger partial charge in [0.15, 0.2) is 6.10 Å². The van der Waals surface area contributed by atoms with E-state index < -0.39 is 6.10 Å². The van der Waals surface area contributed by atoms with E-state index in [0.29, 0.717) is 28.5 Å². The summed E-state index contributed by atoms with van der Waals surface area (Å²) in [6.07, 6.45) is 3.55. The summed E-state index contributed by atoms with van der Waals surface area (Å²) in [4.78, 5) is 12.3. The number of carbonyl (C=O) groups excluding carboxylic acids is 1. The SMILES string of the molecule is C[C@H](C1CC1)n1nccc1NC(=O)[C@@H](C)Oc1ccc(Cl)cc1. The highest BCUT2D eigenvalue weighted by molar-refractivity contribution is 6.30. The van der Waals surface area contributed by atoms with Crippen molar-refractivity contribution in [3.05, 3.63) is 41.6 Å². The molecule has 0 unspecified atom stereocenters. The fraction of sp³-hybridized carbons (Fsp3) is 0.412. The molecule has 5 nitrogen and oxygen atoms in total. The fourth-order valence-corrected chi connectivity index (χ4v) is 2.64. The Kier molecular flexibility index (Phi) is 4.57. The maximum atomic E-state index is 12.3. The number of aromatic nitrogens is 2. The molecule has 1 aromatic heterocycles. The van der Waals surface area contributed by atoms with Crippen LogP contribution < -0.4 is 10.1 Å². The van der Waals surface area contributed by atoms with Crippen molar-refractivity contribution in [2.45, 2.75) is 38.8 Å². The van der Waals surface area contributed by atoms with Crippen LogP contribution in [0.3, 0.4) is 0 Å². The minimum Gasteiger partial charge on any atom is -0.481 e. The molecule has 1 N–H and O–H groups in total. The molecule has 1 aromatic carbocycles. The number of benzene rings is 1. The smallest absolute Gasteiger partial charge is 0.266 e. The predicted molar refractivity (Wildman–Crippen MR) is 89.8 cm³/mol. The highest BCUT2D eigenvalue weighted by Gasteiger charge is 2.31. The Morgan fingerprint density at radius 3 is 2.65 bits per heavy atom. The Balaban J connectivity index is 1.62. The molecule has 3 rings (SSSR count). The van der Waals surface area contributed by atoms with Gasteiger partial charge in [-0.1, -0.05) is 11.6 Å². The van der Waals surface area contributed by atoms with Crippen LogP contribution >= 0.6 is 11.6 Å². The first-order valence-electron chi connectivity index (χ1n) is 7.81. The van der Waals surface area contributed by atoms with Gasteiger partial charge in [-0.2, -0.15) is 5.10 Å². The lowest BCUT2D eigenvalue weighted by Crippen LogP contribution is -2.31. The lowest BCUT2D eigenvalue weighted by Gasteiger charge is -2.18. The van der Waals surface area contributed by atoms with Crippen LogP contribution in [0.4, 0.5) is 5.82 Å². The van der Waals surface area contributed by atoms with Gasteiger partial charge >= 0.3 is 0 Å². The van der Waals surface area contributed by atoms with Crippen molar-refractivity contribution in [1.82, 2.24) is 9.78 Å². The van der Waals surface area contributed by atoms with Crippen LogP contribution in [0.15, 0.2) is 36.5 Å². The second-order valence-corrected chi connectivity index (χ2v) is 6.38. The molecule has 0 radical (unpaired) electrons. The zero-order valence-corrected chi connectivity index (χ0v) is 14.0. The quantitative estimate of drug-likeness (QED) is 0.871. The molecular formula is C17H20ClN3O2. The number of halogens is 1. The lowest BCUT2D eigenvalue weighted by molar-refractivity contribution is -0.122. The Morgan fingerprint density at radius 1 is 1.30 bits per heavy atom. The minimum absolute atomic E-state index is 0.204. The molecule has 0 saturated heterocycles. The normalized spacial score (nSPS) is 16.7. The Labute approximate surface area is 140 Å². The van der Waals surface area contributed by atoms with Crippen LogP contribution in [0.2, 0.25) is 5.02 Å². The molecule has 1 aliphatic rings. The van der Waals surface area contributed by atoms with E-state index in [1.807, 2.05) is 10.7 Å². The van der Waals surface area contributed by atoms with Crippen molar-refractivity contribution in [2.75, 3.05) is 5.32 Å². The molecule has 0 aliphatic heterocycles. The molecule has 1 fully saturated rings. The predicted octanol–water partition coefficient (Wildman–Crippen LogP) is 3.91. The molecule has 1 aliphatic carbocycles. The van der Waals surface area contributed by atoms with E-state index in [0.717, 1.165) is 0 Å². The first-order chi connectivity index (χ1) is 11.0. The maximum Gasteiger partial charge on any atom is 0.266 e. The van der Waals surface area contributed by atoms with Gasteiger partial charge in [-0.05, 0) is 56.9 Å². The number of nitrogens with zero attached hydrogens (tertiary/aromatic N) is 2. The number of rotatable bonds is 6. The zero-order valence-electron chi connectivity index (χ0n) is 13.2. The summed E-state index contributed by atoms with van der Waals surface area (Å²) < 4.78 is 7.52. The monoisotopic (exact) mass is 333 g/mol. The summed E-state index contributed by atoms with van der Waals surface area (Å²) in [7, 11) is 0. The number of ether oxygens (including phenoxy) is 1. The first kappa shape index (κ1) is 15.9. The Morgan fingerprint density at radius 2 is 2.00 bits per heavy atom. The lowest BCUT2D eigenvalue weighted by atomic mass is 10.2. The third-order valence-electron chi connectivity index (χ3n) is 4.11. The second kappa shape index (κ2) is 6.62. The van der Waals surface area contributed by atoms with Crippen LogP contribution in [0.1, 0.15) is 32.7 Å². The molecule has 2 aromatic rings. The molecule has 23 heavy (non-hydrogen) atoms. The van der Waals surface area contributed by atoms with Crippen molar-refractivity contribution >= 4 is 23.3 Å². The molecule has 2 atom stereocenters. The van der Waals surface area contributed by atoms with E-state index >= 15 is 0 Å². The van der Waals surface area contributed by atoms with Gasteiger partial charge in [0.1, 0.15) is 11.6 Å². The van der Waals surface area contributed by atoms with Crippen molar-refractivity contribution in [3.63, 3.8) is 0 Å². The number of carbonyl (C=O) groups is 1. The molecule has 0 bridgehead atoms. The summed E-state index contributed by atoms with van der Waals surface area (Å²) in [5.74, 6) is 1.77. The van der Waals surface area contributed by atoms with Gasteiger partial charge < -0.3 is 10.1 Å². The van der Waals surface area contributed by atoms with Crippen molar-refractivity contribution < 1.29 is 9.53 Å². The standard InChI is InChI=1S/C17H20ClN3O2/c1-11(13-3-4-13)21-16(9-10-19-21)20-17(22)12(2)23-15-7-5-14(18)6-8-15/h5-13H,3-4H2,1-2H3,(H,20,22)/t11-,12-/m1/s1. The van der Waals surface area contributed by atoms with E-state index in [9.17, 15) is 4.79 Å². The van der Waals surface area contributed by atoms with E-state index in [-0.39, 0.29) is 5.91 Å². The highest BCUT2D eigenvalue weighted by Crippen LogP contribution is 2.40. The number of anilines is 1. The van der Waals surface area contributed by atoms with Gasteiger partial charge in [-0.25, -0.2) is 4.68 Å². The minimum atomic E-state index is -0.615. The summed E-state index contributed by atoms with van der Waals surface area (Å²) in [5, 5.41) is 7.86. The fourth-order valence-electron chi connectivity index (χ4n) is 2.51. The van der Waals surface area contributed by atoms with E-state index in [1.54, 1.807) is 37.4 Å². The molecule has 6 heteroatoms. The molecular weight excluding hydrogens is 314 g/mol. The van der Waals surface area contributed by atoms with Crippen LogP contribution in [-0.4, -0.2) is 21.8 Å². The van der Waals surface area contributed by atoms with E-state index in [2.05, 4.69) is 17.3 Å². The van der Waals surface area contributed by atoms with Gasteiger partial charge in [-0.15, -0.1) is 0 Å². The first-order valence-corrected chi connectivity index (χ1v) is 8.19. The zero-order chi connectivity index (χ0) is 16.4. The van der Waals surface area contributed by atoms with Crippen molar-refractivity contribution in [3.8, 4) is 5.75 Å². The molecule has 122 valence electrons. The maximum absolute atomic E-state index is 12.3. The summed E-state index contributed by atoms with van der Waals surface area (Å²) in [5.41, 5.74) is 0. The molecule has 1 saturated carbocycles. The highest BCUT2D eigenvalue weighted by atomic mass is 35.5. The molecule has 0 spiro atoms. The van der Waals surface area contributed by atoms with Gasteiger partial charge in [0.05, 0.1) is 12.2 Å². The molecule has 1 amide bonds. The number of hydrogen-bond acceptors (Lipinski definition) is 3. The van der Waals surface area contributed by atoms with Crippen LogP contribution in [0, 0.1) is 5.92 Å². The Bertz CT molecular complexity index is 679. The topological polar surface area (TPSA) is 56.2 Å². The number of amides is 1. The van der Waals surface area contributed by atoms with Gasteiger partial charge in [0.2, 0.25) is 0 Å². The average Bonchev–Trinajstić information content (AvgIpc) is 3.29. The summed E-state index contributed by atoms with van der Waals surface area (Å²) in [6, 6.07) is 9.05. The van der Waals surface area contributed by atoms with Gasteiger partial charge in [-0.3, -0.25) is 4.79 Å². The summed E-state index contributed by atoms with van der Waals surface area (Å²) >= 11 is 5.84. The van der Waals surface area contributed by atoms with E-state index in [1.165, 1.54) is 12.8 Å². The molecule has 1 heterocycles. The third-order valence-corrected chi connectivity index (χ3v) is 4.36. The summed E-state index contributed by atoms with van der Waals surface area (Å²) in [6.45, 7) is 3.85. The second-order valence-electron chi connectivity index (χ2n) is 5.94. The van der Waals surface area contributed by atoms with E-state index in [4.69, 9.17) is 16.3 Å². The third kappa shape index (κ3) is 3.85. The van der Waals surface area contributed by atoms with Crippen molar-refractivity contribution in [2.24, 2.45) is 5.92 Å². The van der Waals surface area contributed by atoms with Crippen molar-refractivity contribution in [1.29, 1.82) is 0 Å². The number of hydrogen-bond donors (Lipinski definition) is 1. The largest absolute Gasteiger partial charge is 0.481 e. The van der Waals surface area contributed by atoms with Crippen LogP contribution in [-0.2, 0) is 4.79 Å². The average molecular weight is 334 g/mol.